The van der Waals surface area contributed by atoms with Crippen LogP contribution in [-0.2, 0) is 16.6 Å². The van der Waals surface area contributed by atoms with Gasteiger partial charge in [-0.15, -0.1) is 0 Å². The Labute approximate surface area is 181 Å². The molecule has 0 unspecified atom stereocenters. The average Bonchev–Trinajstić information content (AvgIpc) is 2.69. The number of carbonyl (C=O) groups is 1. The van der Waals surface area contributed by atoms with Crippen molar-refractivity contribution >= 4 is 44.8 Å². The summed E-state index contributed by atoms with van der Waals surface area (Å²) in [6, 6.07) is 12.8. The maximum Gasteiger partial charge on any atom is 0.261 e. The van der Waals surface area contributed by atoms with Gasteiger partial charge in [-0.3, -0.25) is 9.52 Å². The van der Waals surface area contributed by atoms with E-state index in [1.165, 1.54) is 24.3 Å². The number of nitrogens with one attached hydrogen (secondary N) is 2. The zero-order valence-corrected chi connectivity index (χ0v) is 17.5. The van der Waals surface area contributed by atoms with Gasteiger partial charge in [0, 0.05) is 27.8 Å². The molecule has 0 radical (unpaired) electrons. The Morgan fingerprint density at radius 2 is 1.60 bits per heavy atom. The van der Waals surface area contributed by atoms with Crippen LogP contribution in [0.3, 0.4) is 0 Å². The zero-order valence-electron chi connectivity index (χ0n) is 15.1. The van der Waals surface area contributed by atoms with Crippen molar-refractivity contribution in [3.05, 3.63) is 93.5 Å². The minimum Gasteiger partial charge on any atom is -0.348 e. The molecule has 1 amide bonds. The lowest BCUT2D eigenvalue weighted by atomic mass is 10.2. The van der Waals surface area contributed by atoms with Crippen molar-refractivity contribution in [3.63, 3.8) is 0 Å². The van der Waals surface area contributed by atoms with Crippen LogP contribution in [0.15, 0.2) is 65.6 Å². The molecule has 0 aliphatic carbocycles. The van der Waals surface area contributed by atoms with Crippen LogP contribution in [0.25, 0.3) is 0 Å². The zero-order chi connectivity index (χ0) is 21.9. The number of rotatable bonds is 6. The first-order valence-electron chi connectivity index (χ1n) is 8.46. The van der Waals surface area contributed by atoms with Crippen molar-refractivity contribution in [1.82, 2.24) is 5.32 Å². The Morgan fingerprint density at radius 1 is 0.900 bits per heavy atom. The van der Waals surface area contributed by atoms with E-state index in [9.17, 15) is 22.0 Å². The lowest BCUT2D eigenvalue weighted by Crippen LogP contribution is -2.23. The predicted molar refractivity (Wildman–Crippen MR) is 111 cm³/mol. The Kier molecular flexibility index (Phi) is 6.60. The average molecular weight is 471 g/mol. The highest BCUT2D eigenvalue weighted by Crippen LogP contribution is 2.21. The van der Waals surface area contributed by atoms with Gasteiger partial charge in [0.15, 0.2) is 11.6 Å². The summed E-state index contributed by atoms with van der Waals surface area (Å²) in [5.74, 6) is -2.81. The van der Waals surface area contributed by atoms with Gasteiger partial charge in [-0.05, 0) is 60.2 Å². The second kappa shape index (κ2) is 8.99. The molecular formula is C20H14Cl2F2N2O3S. The maximum atomic E-state index is 13.3. The van der Waals surface area contributed by atoms with Gasteiger partial charge in [0.1, 0.15) is 0 Å². The van der Waals surface area contributed by atoms with E-state index in [-0.39, 0.29) is 17.8 Å². The number of hydrogen-bond donors (Lipinski definition) is 2. The van der Waals surface area contributed by atoms with Crippen molar-refractivity contribution in [2.24, 2.45) is 0 Å². The number of amides is 1. The molecule has 0 saturated heterocycles. The topological polar surface area (TPSA) is 75.3 Å². The molecule has 30 heavy (non-hydrogen) atoms. The van der Waals surface area contributed by atoms with Gasteiger partial charge in [-0.1, -0.05) is 29.3 Å². The number of sulfonamides is 1. The summed E-state index contributed by atoms with van der Waals surface area (Å²) in [6.07, 6.45) is 0. The Hall–Kier alpha value is -2.68. The van der Waals surface area contributed by atoms with Gasteiger partial charge >= 0.3 is 0 Å². The number of anilines is 1. The van der Waals surface area contributed by atoms with Crippen molar-refractivity contribution in [2.45, 2.75) is 11.4 Å². The van der Waals surface area contributed by atoms with Gasteiger partial charge < -0.3 is 5.32 Å². The molecule has 10 heteroatoms. The summed E-state index contributed by atoms with van der Waals surface area (Å²) < 4.78 is 53.1. The van der Waals surface area contributed by atoms with Crippen LogP contribution in [0.1, 0.15) is 15.9 Å². The molecule has 3 aromatic rings. The van der Waals surface area contributed by atoms with Gasteiger partial charge in [0.25, 0.3) is 15.9 Å². The van der Waals surface area contributed by atoms with Crippen LogP contribution in [0.5, 0.6) is 0 Å². The van der Waals surface area contributed by atoms with E-state index in [1.54, 1.807) is 18.2 Å². The first-order valence-corrected chi connectivity index (χ1v) is 10.7. The first-order chi connectivity index (χ1) is 14.2. The Morgan fingerprint density at radius 3 is 2.23 bits per heavy atom. The van der Waals surface area contributed by atoms with E-state index in [2.05, 4.69) is 10.0 Å². The molecule has 0 aliphatic rings. The Balaban J connectivity index is 1.66. The highest BCUT2D eigenvalue weighted by Gasteiger charge is 2.17. The van der Waals surface area contributed by atoms with E-state index in [1.807, 2.05) is 0 Å². The van der Waals surface area contributed by atoms with Crippen molar-refractivity contribution in [3.8, 4) is 0 Å². The van der Waals surface area contributed by atoms with Crippen LogP contribution in [-0.4, -0.2) is 14.3 Å². The molecule has 5 nitrogen and oxygen atoms in total. The van der Waals surface area contributed by atoms with E-state index in [0.717, 1.165) is 12.1 Å². The molecule has 156 valence electrons. The summed E-state index contributed by atoms with van der Waals surface area (Å²) in [7, 11) is -4.12. The summed E-state index contributed by atoms with van der Waals surface area (Å²) in [6.45, 7) is 0.180. The van der Waals surface area contributed by atoms with Crippen LogP contribution in [0, 0.1) is 11.6 Å². The van der Waals surface area contributed by atoms with Crippen molar-refractivity contribution < 1.29 is 22.0 Å². The molecule has 0 aromatic heterocycles. The molecule has 2 N–H and O–H groups in total. The molecule has 0 atom stereocenters. The van der Waals surface area contributed by atoms with E-state index < -0.39 is 32.5 Å². The fourth-order valence-electron chi connectivity index (χ4n) is 2.49. The fourth-order valence-corrected chi connectivity index (χ4v) is 4.04. The van der Waals surface area contributed by atoms with Crippen LogP contribution >= 0.6 is 23.2 Å². The third-order valence-corrected chi connectivity index (χ3v) is 6.02. The van der Waals surface area contributed by atoms with Crippen molar-refractivity contribution in [2.75, 3.05) is 4.72 Å². The predicted octanol–water partition coefficient (Wildman–Crippen LogP) is 5.00. The number of hydrogen-bond acceptors (Lipinski definition) is 3. The summed E-state index contributed by atoms with van der Waals surface area (Å²) in [4.78, 5) is 11.9. The molecular weight excluding hydrogens is 457 g/mol. The van der Waals surface area contributed by atoms with Crippen molar-refractivity contribution in [1.29, 1.82) is 0 Å². The summed E-state index contributed by atoms with van der Waals surface area (Å²) in [5.41, 5.74) is 1.12. The SMILES string of the molecule is O=C(NCc1ccc(Cl)cc1Cl)c1ccc(NS(=O)(=O)c2ccc(F)c(F)c2)cc1. The summed E-state index contributed by atoms with van der Waals surface area (Å²) in [5, 5.41) is 3.60. The third-order valence-electron chi connectivity index (χ3n) is 4.06. The normalized spacial score (nSPS) is 11.2. The second-order valence-corrected chi connectivity index (χ2v) is 8.70. The smallest absolute Gasteiger partial charge is 0.261 e. The van der Waals surface area contributed by atoms with Crippen LogP contribution in [0.2, 0.25) is 10.0 Å². The highest BCUT2D eigenvalue weighted by atomic mass is 35.5. The second-order valence-electron chi connectivity index (χ2n) is 6.18. The van der Waals surface area contributed by atoms with Gasteiger partial charge in [0.2, 0.25) is 0 Å². The maximum absolute atomic E-state index is 13.3. The summed E-state index contributed by atoms with van der Waals surface area (Å²) >= 11 is 11.9. The van der Waals surface area contributed by atoms with E-state index in [0.29, 0.717) is 21.7 Å². The third kappa shape index (κ3) is 5.27. The van der Waals surface area contributed by atoms with E-state index in [4.69, 9.17) is 23.2 Å². The molecule has 0 heterocycles. The fraction of sp³-hybridized carbons (Fsp3) is 0.0500. The number of benzene rings is 3. The van der Waals surface area contributed by atoms with Crippen LogP contribution < -0.4 is 10.0 Å². The highest BCUT2D eigenvalue weighted by molar-refractivity contribution is 7.92. The number of carbonyl (C=O) groups excluding carboxylic acids is 1. The van der Waals surface area contributed by atoms with Gasteiger partial charge in [-0.25, -0.2) is 17.2 Å². The standard InChI is InChI=1S/C20H14Cl2F2N2O3S/c21-14-4-1-13(17(22)9-14)11-25-20(27)12-2-5-15(6-3-12)26-30(28,29)16-7-8-18(23)19(24)10-16/h1-10,26H,11H2,(H,25,27). The largest absolute Gasteiger partial charge is 0.348 e. The molecule has 0 aliphatic heterocycles. The lowest BCUT2D eigenvalue weighted by Gasteiger charge is -2.10. The van der Waals surface area contributed by atoms with Gasteiger partial charge in [0.05, 0.1) is 4.90 Å². The minimum absolute atomic E-state index is 0.150. The molecule has 0 saturated carbocycles. The lowest BCUT2D eigenvalue weighted by molar-refractivity contribution is 0.0951. The van der Waals surface area contributed by atoms with Crippen LogP contribution in [0.4, 0.5) is 14.5 Å². The molecule has 0 spiro atoms. The monoisotopic (exact) mass is 470 g/mol. The first kappa shape index (κ1) is 22.0. The minimum atomic E-state index is -4.12. The van der Waals surface area contributed by atoms with Gasteiger partial charge in [-0.2, -0.15) is 0 Å². The number of halogens is 4. The molecule has 3 rings (SSSR count). The molecule has 3 aromatic carbocycles. The van der Waals surface area contributed by atoms with E-state index >= 15 is 0 Å². The molecule has 0 fully saturated rings. The molecule has 0 bridgehead atoms. The Bertz CT molecular complexity index is 1200. The quantitative estimate of drug-likeness (QED) is 0.531.